The maximum absolute atomic E-state index is 9.75. The predicted octanol–water partition coefficient (Wildman–Crippen LogP) is 21.3. The average Bonchev–Trinajstić information content (AvgIpc) is 1.61. The number of hydrogen-bond donors (Lipinski definition) is 0. The minimum atomic E-state index is -0.494. The van der Waals surface area contributed by atoms with Crippen LogP contribution in [-0.2, 0) is 16.2 Å². The number of nitrogens with zero attached hydrogens (tertiary/aromatic N) is 3. The van der Waals surface area contributed by atoms with Gasteiger partial charge in [-0.05, 0) is 150 Å². The molecule has 89 heavy (non-hydrogen) atoms. The maximum Gasteiger partial charge on any atom is 0.252 e. The van der Waals surface area contributed by atoms with Gasteiger partial charge in [0.2, 0.25) is 0 Å². The fourth-order valence-electron chi connectivity index (χ4n) is 13.9. The predicted molar refractivity (Wildman–Crippen MR) is 380 cm³/mol. The Bertz CT molecular complexity index is 5510. The summed E-state index contributed by atoms with van der Waals surface area (Å²) in [4.78, 5) is 4.99. The lowest BCUT2D eigenvalue weighted by Gasteiger charge is -2.46. The van der Waals surface area contributed by atoms with E-state index in [0.717, 1.165) is 128 Å². The van der Waals surface area contributed by atoms with Gasteiger partial charge in [0.15, 0.2) is 0 Å². The molecule has 0 bridgehead atoms. The molecule has 0 unspecified atom stereocenters. The summed E-state index contributed by atoms with van der Waals surface area (Å²) in [5.41, 5.74) is 21.4. The van der Waals surface area contributed by atoms with E-state index in [2.05, 4.69) is 260 Å². The molecule has 12 aromatic carbocycles. The monoisotopic (exact) mass is 1160 g/mol. The van der Waals surface area contributed by atoms with Crippen molar-refractivity contribution >= 4 is 101 Å². The van der Waals surface area contributed by atoms with Crippen molar-refractivity contribution in [3.05, 3.63) is 277 Å². The molecular weight excluding hydrogens is 1080 g/mol. The van der Waals surface area contributed by atoms with E-state index in [1.165, 1.54) is 5.56 Å². The van der Waals surface area contributed by atoms with Crippen molar-refractivity contribution in [2.24, 2.45) is 0 Å². The Balaban J connectivity index is 1.12. The molecule has 4 nitrogen and oxygen atoms in total. The Morgan fingerprint density at radius 2 is 0.854 bits per heavy atom. The summed E-state index contributed by atoms with van der Waals surface area (Å²) in [6.45, 7) is 19.9. The summed E-state index contributed by atoms with van der Waals surface area (Å²) in [6.07, 6.45) is 0. The molecule has 5 heteroatoms. The molecule has 430 valence electrons. The molecule has 0 fully saturated rings. The van der Waals surface area contributed by atoms with Gasteiger partial charge in [-0.25, -0.2) is 0 Å². The van der Waals surface area contributed by atoms with Crippen LogP contribution in [-0.4, -0.2) is 11.3 Å². The van der Waals surface area contributed by atoms with Crippen LogP contribution in [0.5, 0.6) is 0 Å². The van der Waals surface area contributed by atoms with Gasteiger partial charge in [-0.2, -0.15) is 0 Å². The number of furan rings is 1. The van der Waals surface area contributed by atoms with Gasteiger partial charge in [0.05, 0.1) is 38.8 Å². The van der Waals surface area contributed by atoms with Crippen LogP contribution in [0.1, 0.15) is 90.0 Å². The molecule has 0 saturated carbocycles. The number of aromatic nitrogens is 1. The fraction of sp³-hybridized carbons (Fsp3) is 0.143. The summed E-state index contributed by atoms with van der Waals surface area (Å²) in [6, 6.07) is 72.6. The average molecular weight is 1160 g/mol. The van der Waals surface area contributed by atoms with Gasteiger partial charge in [-0.3, -0.25) is 0 Å². The molecule has 0 radical (unpaired) electrons. The molecule has 2 aliphatic rings. The Labute approximate surface area is 534 Å². The minimum absolute atomic E-state index is 0.0170. The Morgan fingerprint density at radius 3 is 1.45 bits per heavy atom. The lowest BCUT2D eigenvalue weighted by Crippen LogP contribution is -2.61. The smallest absolute Gasteiger partial charge is 0.252 e. The second-order valence-corrected chi connectivity index (χ2v) is 27.1. The van der Waals surface area contributed by atoms with E-state index in [9.17, 15) is 8.22 Å². The first-order valence-electron chi connectivity index (χ1n) is 34.9. The number of benzene rings is 12. The van der Waals surface area contributed by atoms with Gasteiger partial charge < -0.3 is 18.8 Å². The molecule has 2 aliphatic heterocycles. The summed E-state index contributed by atoms with van der Waals surface area (Å²) in [5, 5.41) is 2.00. The molecule has 2 aromatic heterocycles. The first-order chi connectivity index (χ1) is 46.4. The van der Waals surface area contributed by atoms with Crippen LogP contribution in [0, 0.1) is 0 Å². The molecule has 0 atom stereocenters. The quantitative estimate of drug-likeness (QED) is 0.149. The number of anilines is 6. The van der Waals surface area contributed by atoms with Crippen molar-refractivity contribution in [1.82, 2.24) is 4.57 Å². The van der Waals surface area contributed by atoms with Crippen LogP contribution in [0.3, 0.4) is 0 Å². The highest BCUT2D eigenvalue weighted by Gasteiger charge is 2.46. The van der Waals surface area contributed by atoms with Gasteiger partial charge in [-0.15, -0.1) is 0 Å². The summed E-state index contributed by atoms with van der Waals surface area (Å²) >= 11 is 0. The summed E-state index contributed by atoms with van der Waals surface area (Å²) < 4.78 is 83.4. The van der Waals surface area contributed by atoms with E-state index in [4.69, 9.17) is 7.16 Å². The second-order valence-electron chi connectivity index (χ2n) is 27.1. The zero-order valence-corrected chi connectivity index (χ0v) is 51.5. The van der Waals surface area contributed by atoms with E-state index in [0.29, 0.717) is 5.69 Å². The molecule has 0 saturated heterocycles. The lowest BCUT2D eigenvalue weighted by molar-refractivity contribution is 0.590. The zero-order valence-electron chi connectivity index (χ0n) is 59.5. The minimum Gasteiger partial charge on any atom is -0.456 e. The van der Waals surface area contributed by atoms with Crippen LogP contribution in [0.4, 0.5) is 34.1 Å². The van der Waals surface area contributed by atoms with E-state index >= 15 is 0 Å². The number of para-hydroxylation sites is 3. The van der Waals surface area contributed by atoms with Gasteiger partial charge in [0.25, 0.3) is 6.71 Å². The summed E-state index contributed by atoms with van der Waals surface area (Å²) in [5.74, 6) is 0. The standard InChI is InChI=1S/C84H70BN3O/c1-82(2,3)58-33-25-32-56(46-58)57-40-43-68-72(47-57)88(81-62(53-26-13-10-14-27-53)42-45-77-78(81)65-36-21-24-39-76(65)89-77)75-51-60(84(7,8)9)50-74-79(75)85(68)69-44-41-61(86-70-37-22-19-34-63(70)64-35-20-23-38-71(64)86)52-73(69)87(74)80-66(54-28-15-11-16-29-54)48-59(83(4,5)6)49-67(80)55-30-17-12-18-31-55/h10-52H,1-9H3/i19D,20D,22D,23D,34D,35D,37D,38D. The maximum atomic E-state index is 9.75. The highest BCUT2D eigenvalue weighted by atomic mass is 16.3. The van der Waals surface area contributed by atoms with E-state index in [1.807, 2.05) is 24.3 Å². The van der Waals surface area contributed by atoms with Gasteiger partial charge in [0, 0.05) is 61.3 Å². The number of fused-ring (bicyclic) bond motifs is 10. The highest BCUT2D eigenvalue weighted by molar-refractivity contribution is 7.00. The normalized spacial score (nSPS) is 14.4. The van der Waals surface area contributed by atoms with Crippen molar-refractivity contribution in [2.45, 2.75) is 78.6 Å². The largest absolute Gasteiger partial charge is 0.456 e. The molecule has 0 aliphatic carbocycles. The van der Waals surface area contributed by atoms with Crippen LogP contribution >= 0.6 is 0 Å². The first kappa shape index (κ1) is 46.1. The Morgan fingerprint density at radius 1 is 0.360 bits per heavy atom. The lowest BCUT2D eigenvalue weighted by atomic mass is 9.33. The third-order valence-corrected chi connectivity index (χ3v) is 18.5. The highest BCUT2D eigenvalue weighted by Crippen LogP contribution is 2.55. The van der Waals surface area contributed by atoms with Gasteiger partial charge >= 0.3 is 0 Å². The molecule has 0 spiro atoms. The summed E-state index contributed by atoms with van der Waals surface area (Å²) in [7, 11) is 0. The van der Waals surface area contributed by atoms with Crippen molar-refractivity contribution in [2.75, 3.05) is 9.80 Å². The van der Waals surface area contributed by atoms with Crippen LogP contribution < -0.4 is 26.2 Å². The Kier molecular flexibility index (Phi) is 10.5. The molecule has 0 N–H and O–H groups in total. The van der Waals surface area contributed by atoms with Crippen molar-refractivity contribution < 1.29 is 15.4 Å². The van der Waals surface area contributed by atoms with Crippen LogP contribution in [0.15, 0.2) is 265 Å². The molecular formula is C84H70BN3O. The Hall–Kier alpha value is -10.1. The van der Waals surface area contributed by atoms with Gasteiger partial charge in [-0.1, -0.05) is 250 Å². The third-order valence-electron chi connectivity index (χ3n) is 18.5. The van der Waals surface area contributed by atoms with Crippen LogP contribution in [0.25, 0.3) is 93.9 Å². The van der Waals surface area contributed by atoms with E-state index in [1.54, 1.807) is 4.57 Å². The van der Waals surface area contributed by atoms with E-state index in [-0.39, 0.29) is 56.8 Å². The molecule has 16 rings (SSSR count). The second kappa shape index (κ2) is 20.2. The first-order valence-corrected chi connectivity index (χ1v) is 30.9. The van der Waals surface area contributed by atoms with Crippen molar-refractivity contribution in [3.8, 4) is 50.2 Å². The van der Waals surface area contributed by atoms with E-state index < -0.39 is 36.3 Å². The topological polar surface area (TPSA) is 24.6 Å². The SMILES string of the molecule is [2H]c1c([2H])c([2H])c2c(c1[2H])c1c([2H])c([2H])c([2H])c([2H])c1n2-c1ccc2c(c1)N(c1c(-c3ccccc3)cc(C(C)(C)C)cc1-c1ccccc1)c1cc(C(C)(C)C)cc3c1B2c1ccc(-c2cccc(C(C)(C)C)c2)cc1N3c1c(-c2ccccc2)ccc2oc3ccccc3c12. The third kappa shape index (κ3) is 8.80. The number of hydrogen-bond acceptors (Lipinski definition) is 3. The molecule has 14 aromatic rings. The number of rotatable bonds is 7. The van der Waals surface area contributed by atoms with Crippen LogP contribution in [0.2, 0.25) is 0 Å². The van der Waals surface area contributed by atoms with Gasteiger partial charge in [0.1, 0.15) is 11.2 Å². The fourth-order valence-corrected chi connectivity index (χ4v) is 13.9. The zero-order chi connectivity index (χ0) is 67.6. The van der Waals surface area contributed by atoms with Crippen molar-refractivity contribution in [3.63, 3.8) is 0 Å². The van der Waals surface area contributed by atoms with Crippen molar-refractivity contribution in [1.29, 1.82) is 0 Å². The molecule has 0 amide bonds. The molecule has 4 heterocycles.